The van der Waals surface area contributed by atoms with Gasteiger partial charge in [0, 0.05) is 6.54 Å². The highest BCUT2D eigenvalue weighted by atomic mass is 127. The quantitative estimate of drug-likeness (QED) is 0.635. The summed E-state index contributed by atoms with van der Waals surface area (Å²) in [5.41, 5.74) is 2.85. The number of methoxy groups -OCH3 is 1. The van der Waals surface area contributed by atoms with Crippen molar-refractivity contribution in [3.05, 3.63) is 29.3 Å². The van der Waals surface area contributed by atoms with E-state index in [2.05, 4.69) is 53.0 Å². The van der Waals surface area contributed by atoms with Crippen molar-refractivity contribution in [2.24, 2.45) is 0 Å². The highest BCUT2D eigenvalue weighted by Crippen LogP contribution is 2.36. The number of hydrogen-bond acceptors (Lipinski definition) is 2. The molecule has 1 N–H and O–H groups in total. The maximum absolute atomic E-state index is 5.27. The number of ether oxygens (including phenoxy) is 1. The Balaban J connectivity index is 2.46. The van der Waals surface area contributed by atoms with Gasteiger partial charge < -0.3 is 10.1 Å². The van der Waals surface area contributed by atoms with E-state index in [1.165, 1.54) is 11.1 Å². The summed E-state index contributed by atoms with van der Waals surface area (Å²) < 4.78 is 5.46. The van der Waals surface area contributed by atoms with Crippen LogP contribution >= 0.6 is 22.6 Å². The monoisotopic (exact) mass is 317 g/mol. The normalized spacial score (nSPS) is 25.5. The summed E-state index contributed by atoms with van der Waals surface area (Å²) in [6.07, 6.45) is 1.09. The molecule has 15 heavy (non-hydrogen) atoms. The van der Waals surface area contributed by atoms with E-state index in [0.29, 0.717) is 0 Å². The minimum absolute atomic E-state index is 0.190. The molecule has 2 rings (SSSR count). The lowest BCUT2D eigenvalue weighted by Gasteiger charge is -2.23. The Kier molecular flexibility index (Phi) is 3.21. The van der Waals surface area contributed by atoms with Crippen molar-refractivity contribution in [3.63, 3.8) is 0 Å². The third-order valence-electron chi connectivity index (χ3n) is 2.90. The average Bonchev–Trinajstić information content (AvgIpc) is 2.37. The maximum Gasteiger partial charge on any atom is 0.119 e. The van der Waals surface area contributed by atoms with Gasteiger partial charge in [0.25, 0.3) is 0 Å². The molecule has 0 bridgehead atoms. The van der Waals surface area contributed by atoms with E-state index in [9.17, 15) is 0 Å². The van der Waals surface area contributed by atoms with Crippen molar-refractivity contribution >= 4 is 22.6 Å². The molecule has 0 aromatic heterocycles. The number of halogens is 1. The SMILES string of the molecule is COc1ccc2c(c1)CCNCC2(C)I. The molecule has 1 aromatic carbocycles. The molecular weight excluding hydrogens is 301 g/mol. The Morgan fingerprint density at radius 2 is 2.27 bits per heavy atom. The van der Waals surface area contributed by atoms with Gasteiger partial charge in [-0.15, -0.1) is 0 Å². The smallest absolute Gasteiger partial charge is 0.119 e. The number of fused-ring (bicyclic) bond motifs is 1. The first-order chi connectivity index (χ1) is 7.13. The molecule has 0 fully saturated rings. The Bertz CT molecular complexity index is 363. The van der Waals surface area contributed by atoms with Gasteiger partial charge in [-0.05, 0) is 43.1 Å². The number of alkyl halides is 1. The highest BCUT2D eigenvalue weighted by Gasteiger charge is 2.27. The van der Waals surface area contributed by atoms with E-state index < -0.39 is 0 Å². The van der Waals surface area contributed by atoms with E-state index in [0.717, 1.165) is 25.3 Å². The molecule has 1 unspecified atom stereocenters. The van der Waals surface area contributed by atoms with Crippen LogP contribution in [0, 0.1) is 0 Å². The van der Waals surface area contributed by atoms with Crippen molar-refractivity contribution in [1.29, 1.82) is 0 Å². The lowest BCUT2D eigenvalue weighted by Crippen LogP contribution is -2.28. The van der Waals surface area contributed by atoms with Gasteiger partial charge in [-0.1, -0.05) is 28.7 Å². The molecule has 0 saturated heterocycles. The molecule has 1 heterocycles. The van der Waals surface area contributed by atoms with Crippen LogP contribution in [0.5, 0.6) is 5.75 Å². The molecule has 0 spiro atoms. The molecule has 0 radical (unpaired) electrons. The summed E-state index contributed by atoms with van der Waals surface area (Å²) in [5.74, 6) is 0.961. The van der Waals surface area contributed by atoms with Gasteiger partial charge in [-0.2, -0.15) is 0 Å². The van der Waals surface area contributed by atoms with Crippen LogP contribution in [0.25, 0.3) is 0 Å². The number of hydrogen-bond donors (Lipinski definition) is 1. The summed E-state index contributed by atoms with van der Waals surface area (Å²) in [4.78, 5) is 0. The van der Waals surface area contributed by atoms with Crippen LogP contribution < -0.4 is 10.1 Å². The summed E-state index contributed by atoms with van der Waals surface area (Å²) in [5, 5.41) is 3.47. The Morgan fingerprint density at radius 3 is 3.00 bits per heavy atom. The van der Waals surface area contributed by atoms with Crippen molar-refractivity contribution in [2.75, 3.05) is 20.2 Å². The average molecular weight is 317 g/mol. The molecule has 3 heteroatoms. The fourth-order valence-electron chi connectivity index (χ4n) is 2.05. The molecule has 0 saturated carbocycles. The minimum atomic E-state index is 0.190. The largest absolute Gasteiger partial charge is 0.497 e. The van der Waals surface area contributed by atoms with E-state index in [1.807, 2.05) is 0 Å². The van der Waals surface area contributed by atoms with Crippen LogP contribution in [-0.4, -0.2) is 20.2 Å². The third kappa shape index (κ3) is 2.28. The summed E-state index contributed by atoms with van der Waals surface area (Å²) >= 11 is 2.53. The molecule has 0 aliphatic carbocycles. The molecule has 2 nitrogen and oxygen atoms in total. The standard InChI is InChI=1S/C12H16INO/c1-12(13)8-14-6-5-9-7-10(15-2)3-4-11(9)12/h3-4,7,14H,5-6,8H2,1-2H3. The summed E-state index contributed by atoms with van der Waals surface area (Å²) in [7, 11) is 1.72. The van der Waals surface area contributed by atoms with Gasteiger partial charge in [0.1, 0.15) is 5.75 Å². The minimum Gasteiger partial charge on any atom is -0.497 e. The van der Waals surface area contributed by atoms with Gasteiger partial charge in [0.05, 0.1) is 10.5 Å². The third-order valence-corrected chi connectivity index (χ3v) is 3.86. The zero-order chi connectivity index (χ0) is 10.9. The second kappa shape index (κ2) is 4.29. The Hall–Kier alpha value is -0.290. The molecule has 1 atom stereocenters. The number of benzene rings is 1. The van der Waals surface area contributed by atoms with Crippen molar-refractivity contribution in [3.8, 4) is 5.75 Å². The fraction of sp³-hybridized carbons (Fsp3) is 0.500. The topological polar surface area (TPSA) is 21.3 Å². The zero-order valence-corrected chi connectivity index (χ0v) is 11.3. The predicted molar refractivity (Wildman–Crippen MR) is 70.9 cm³/mol. The van der Waals surface area contributed by atoms with Crippen molar-refractivity contribution < 1.29 is 4.74 Å². The lowest BCUT2D eigenvalue weighted by molar-refractivity contribution is 0.414. The molecule has 1 aliphatic heterocycles. The highest BCUT2D eigenvalue weighted by molar-refractivity contribution is 14.1. The zero-order valence-electron chi connectivity index (χ0n) is 9.14. The van der Waals surface area contributed by atoms with Crippen LogP contribution in [0.2, 0.25) is 0 Å². The lowest BCUT2D eigenvalue weighted by atomic mass is 9.95. The van der Waals surface area contributed by atoms with Crippen LogP contribution in [0.15, 0.2) is 18.2 Å². The second-order valence-electron chi connectivity index (χ2n) is 4.15. The summed E-state index contributed by atoms with van der Waals surface area (Å²) in [6.45, 7) is 4.36. The Labute approximate surface area is 105 Å². The van der Waals surface area contributed by atoms with E-state index in [-0.39, 0.29) is 3.42 Å². The first-order valence-corrected chi connectivity index (χ1v) is 6.28. The number of rotatable bonds is 1. The summed E-state index contributed by atoms with van der Waals surface area (Å²) in [6, 6.07) is 6.42. The van der Waals surface area contributed by atoms with Crippen LogP contribution in [0.3, 0.4) is 0 Å². The molecular formula is C12H16INO. The van der Waals surface area contributed by atoms with Crippen LogP contribution in [-0.2, 0) is 9.84 Å². The molecule has 82 valence electrons. The van der Waals surface area contributed by atoms with Gasteiger partial charge in [-0.3, -0.25) is 0 Å². The number of nitrogens with one attached hydrogen (secondary N) is 1. The van der Waals surface area contributed by atoms with Crippen molar-refractivity contribution in [1.82, 2.24) is 5.32 Å². The van der Waals surface area contributed by atoms with Gasteiger partial charge in [-0.25, -0.2) is 0 Å². The van der Waals surface area contributed by atoms with Gasteiger partial charge in [0.2, 0.25) is 0 Å². The van der Waals surface area contributed by atoms with E-state index in [4.69, 9.17) is 4.74 Å². The maximum atomic E-state index is 5.27. The van der Waals surface area contributed by atoms with E-state index in [1.54, 1.807) is 7.11 Å². The van der Waals surface area contributed by atoms with Gasteiger partial charge >= 0.3 is 0 Å². The first-order valence-electron chi connectivity index (χ1n) is 5.20. The second-order valence-corrected chi connectivity index (χ2v) is 6.53. The molecule has 1 aliphatic rings. The van der Waals surface area contributed by atoms with Crippen molar-refractivity contribution in [2.45, 2.75) is 16.8 Å². The fourth-order valence-corrected chi connectivity index (χ4v) is 2.85. The van der Waals surface area contributed by atoms with Crippen LogP contribution in [0.1, 0.15) is 18.1 Å². The Morgan fingerprint density at radius 1 is 1.47 bits per heavy atom. The van der Waals surface area contributed by atoms with Crippen LogP contribution in [0.4, 0.5) is 0 Å². The molecule has 0 amide bonds. The first kappa shape index (κ1) is 11.2. The van der Waals surface area contributed by atoms with Gasteiger partial charge in [0.15, 0.2) is 0 Å². The predicted octanol–water partition coefficient (Wildman–Crippen LogP) is 2.49. The van der Waals surface area contributed by atoms with E-state index >= 15 is 0 Å². The molecule has 1 aromatic rings.